The van der Waals surface area contributed by atoms with Gasteiger partial charge < -0.3 is 19.8 Å². The second kappa shape index (κ2) is 10.2. The maximum atomic E-state index is 13.1. The molecule has 0 radical (unpaired) electrons. The third kappa shape index (κ3) is 4.95. The van der Waals surface area contributed by atoms with Crippen LogP contribution >= 0.6 is 0 Å². The molecule has 1 amide bonds. The summed E-state index contributed by atoms with van der Waals surface area (Å²) < 4.78 is 6.09. The molecule has 1 aliphatic heterocycles. The van der Waals surface area contributed by atoms with E-state index in [9.17, 15) is 15.0 Å². The summed E-state index contributed by atoms with van der Waals surface area (Å²) in [6.07, 6.45) is 1.55. The lowest BCUT2D eigenvalue weighted by molar-refractivity contribution is -0.0680. The minimum atomic E-state index is -0.693. The van der Waals surface area contributed by atoms with Gasteiger partial charge in [-0.25, -0.2) is 4.79 Å². The molecule has 1 heterocycles. The zero-order valence-electron chi connectivity index (χ0n) is 19.0. The number of carbonyl (C=O) groups is 1. The molecular formula is C28H31NO4. The summed E-state index contributed by atoms with van der Waals surface area (Å²) in [5, 5.41) is 18.6. The summed E-state index contributed by atoms with van der Waals surface area (Å²) >= 11 is 0. The standard InChI is InChI=1S/C28H31NO4/c1-21(23-12-14-25(15-13-23)24-10-8-22(20-31)9-11-24)29-18-17-28(16-5-19-30,33-27(29)32)26-6-3-2-4-7-26/h2-4,6-15,21,30-31H,5,16-20H2,1H3/t21-,28?/m0/s1. The van der Waals surface area contributed by atoms with Crippen LogP contribution in [0.2, 0.25) is 0 Å². The number of benzene rings is 3. The summed E-state index contributed by atoms with van der Waals surface area (Å²) in [5.74, 6) is 0. The van der Waals surface area contributed by atoms with Gasteiger partial charge in [0, 0.05) is 19.6 Å². The lowest BCUT2D eigenvalue weighted by Gasteiger charge is -2.43. The summed E-state index contributed by atoms with van der Waals surface area (Å²) in [5.41, 5.74) is 4.39. The normalized spacial score (nSPS) is 19.2. The molecule has 0 aliphatic carbocycles. The molecule has 0 saturated carbocycles. The van der Waals surface area contributed by atoms with Crippen molar-refractivity contribution in [3.05, 3.63) is 95.6 Å². The first-order chi connectivity index (χ1) is 16.1. The summed E-state index contributed by atoms with van der Waals surface area (Å²) in [7, 11) is 0. The number of rotatable bonds is 8. The minimum absolute atomic E-state index is 0.0359. The molecule has 5 nitrogen and oxygen atoms in total. The van der Waals surface area contributed by atoms with Gasteiger partial charge in [-0.15, -0.1) is 0 Å². The van der Waals surface area contributed by atoms with Crippen molar-refractivity contribution >= 4 is 6.09 Å². The average molecular weight is 446 g/mol. The van der Waals surface area contributed by atoms with Gasteiger partial charge in [0.1, 0.15) is 5.60 Å². The molecule has 1 fully saturated rings. The van der Waals surface area contributed by atoms with Crippen molar-refractivity contribution in [2.75, 3.05) is 13.2 Å². The first kappa shape index (κ1) is 23.0. The van der Waals surface area contributed by atoms with Gasteiger partial charge in [-0.05, 0) is 47.6 Å². The van der Waals surface area contributed by atoms with Gasteiger partial charge in [0.25, 0.3) is 0 Å². The fourth-order valence-corrected chi connectivity index (χ4v) is 4.59. The third-order valence-electron chi connectivity index (χ3n) is 6.64. The van der Waals surface area contributed by atoms with Crippen molar-refractivity contribution in [1.82, 2.24) is 4.90 Å². The molecular weight excluding hydrogens is 414 g/mol. The smallest absolute Gasteiger partial charge is 0.411 e. The van der Waals surface area contributed by atoms with E-state index >= 15 is 0 Å². The Balaban J connectivity index is 1.49. The lowest BCUT2D eigenvalue weighted by Crippen LogP contribution is -2.48. The van der Waals surface area contributed by atoms with Gasteiger partial charge in [-0.2, -0.15) is 0 Å². The quantitative estimate of drug-likeness (QED) is 0.486. The fraction of sp³-hybridized carbons (Fsp3) is 0.321. The second-order valence-electron chi connectivity index (χ2n) is 8.65. The highest BCUT2D eigenvalue weighted by Crippen LogP contribution is 2.40. The fourth-order valence-electron chi connectivity index (χ4n) is 4.59. The zero-order chi connectivity index (χ0) is 23.3. The number of nitrogens with zero attached hydrogens (tertiary/aromatic N) is 1. The van der Waals surface area contributed by atoms with Crippen LogP contribution in [0.3, 0.4) is 0 Å². The highest BCUT2D eigenvalue weighted by Gasteiger charge is 2.43. The minimum Gasteiger partial charge on any atom is -0.438 e. The van der Waals surface area contributed by atoms with E-state index in [4.69, 9.17) is 4.74 Å². The molecule has 1 aliphatic rings. The Labute approximate surface area is 195 Å². The Bertz CT molecular complexity index is 1050. The number of aliphatic hydroxyl groups is 2. The zero-order valence-corrected chi connectivity index (χ0v) is 19.0. The van der Waals surface area contributed by atoms with Gasteiger partial charge in [0.2, 0.25) is 0 Å². The van der Waals surface area contributed by atoms with Crippen LogP contribution in [-0.4, -0.2) is 34.4 Å². The number of hydrogen-bond donors (Lipinski definition) is 2. The Hall–Kier alpha value is -3.15. The van der Waals surface area contributed by atoms with Gasteiger partial charge in [-0.1, -0.05) is 78.9 Å². The molecule has 2 atom stereocenters. The SMILES string of the molecule is C[C@@H](c1ccc(-c2ccc(CO)cc2)cc1)N1CCC(CCCO)(c2ccccc2)OC1=O. The van der Waals surface area contributed by atoms with Gasteiger partial charge in [0.05, 0.1) is 12.6 Å². The molecule has 5 heteroatoms. The van der Waals surface area contributed by atoms with E-state index in [-0.39, 0.29) is 25.3 Å². The van der Waals surface area contributed by atoms with Crippen LogP contribution in [0, 0.1) is 0 Å². The van der Waals surface area contributed by atoms with Crippen molar-refractivity contribution < 1.29 is 19.7 Å². The Morgan fingerprint density at radius 3 is 2.15 bits per heavy atom. The Morgan fingerprint density at radius 1 is 0.939 bits per heavy atom. The monoisotopic (exact) mass is 445 g/mol. The van der Waals surface area contributed by atoms with Crippen LogP contribution in [0.5, 0.6) is 0 Å². The second-order valence-corrected chi connectivity index (χ2v) is 8.65. The van der Waals surface area contributed by atoms with Crippen LogP contribution in [0.1, 0.15) is 48.9 Å². The number of amides is 1. The van der Waals surface area contributed by atoms with Gasteiger partial charge in [-0.3, -0.25) is 0 Å². The van der Waals surface area contributed by atoms with Crippen molar-refractivity contribution in [3.8, 4) is 11.1 Å². The topological polar surface area (TPSA) is 70.0 Å². The largest absolute Gasteiger partial charge is 0.438 e. The van der Waals surface area contributed by atoms with Crippen LogP contribution in [0.25, 0.3) is 11.1 Å². The van der Waals surface area contributed by atoms with Crippen molar-refractivity contribution in [2.45, 2.75) is 44.4 Å². The lowest BCUT2D eigenvalue weighted by atomic mass is 9.84. The van der Waals surface area contributed by atoms with E-state index in [1.54, 1.807) is 4.90 Å². The van der Waals surface area contributed by atoms with Crippen LogP contribution in [-0.2, 0) is 16.9 Å². The van der Waals surface area contributed by atoms with Crippen LogP contribution in [0.4, 0.5) is 4.79 Å². The predicted molar refractivity (Wildman–Crippen MR) is 128 cm³/mol. The summed E-state index contributed by atoms with van der Waals surface area (Å²) in [4.78, 5) is 14.9. The number of cyclic esters (lactones) is 1. The highest BCUT2D eigenvalue weighted by atomic mass is 16.6. The molecule has 0 bridgehead atoms. The third-order valence-corrected chi connectivity index (χ3v) is 6.64. The van der Waals surface area contributed by atoms with Gasteiger partial charge in [0.15, 0.2) is 0 Å². The van der Waals surface area contributed by atoms with E-state index in [2.05, 4.69) is 24.3 Å². The molecule has 0 spiro atoms. The molecule has 1 saturated heterocycles. The first-order valence-electron chi connectivity index (χ1n) is 11.5. The number of aliphatic hydroxyl groups excluding tert-OH is 2. The highest BCUT2D eigenvalue weighted by molar-refractivity contribution is 5.70. The van der Waals surface area contributed by atoms with E-state index in [0.29, 0.717) is 25.8 Å². The maximum Gasteiger partial charge on any atom is 0.411 e. The predicted octanol–water partition coefficient (Wildman–Crippen LogP) is 5.42. The summed E-state index contributed by atoms with van der Waals surface area (Å²) in [6, 6.07) is 25.8. The molecule has 3 aromatic rings. The molecule has 1 unspecified atom stereocenters. The molecule has 0 aromatic heterocycles. The number of ether oxygens (including phenoxy) is 1. The van der Waals surface area contributed by atoms with Crippen LogP contribution < -0.4 is 0 Å². The van der Waals surface area contributed by atoms with E-state index in [1.807, 2.05) is 61.5 Å². The first-order valence-corrected chi connectivity index (χ1v) is 11.5. The average Bonchev–Trinajstić information content (AvgIpc) is 2.88. The molecule has 33 heavy (non-hydrogen) atoms. The molecule has 3 aromatic carbocycles. The van der Waals surface area contributed by atoms with Crippen LogP contribution in [0.15, 0.2) is 78.9 Å². The van der Waals surface area contributed by atoms with Crippen molar-refractivity contribution in [1.29, 1.82) is 0 Å². The van der Waals surface area contributed by atoms with E-state index in [1.165, 1.54) is 0 Å². The van der Waals surface area contributed by atoms with Gasteiger partial charge >= 0.3 is 6.09 Å². The maximum absolute atomic E-state index is 13.1. The Kier molecular flexibility index (Phi) is 7.11. The van der Waals surface area contributed by atoms with Crippen molar-refractivity contribution in [3.63, 3.8) is 0 Å². The molecule has 4 rings (SSSR count). The van der Waals surface area contributed by atoms with Crippen molar-refractivity contribution in [2.24, 2.45) is 0 Å². The Morgan fingerprint density at radius 2 is 1.58 bits per heavy atom. The van der Waals surface area contributed by atoms with E-state index in [0.717, 1.165) is 27.8 Å². The molecule has 172 valence electrons. The number of carbonyl (C=O) groups excluding carboxylic acids is 1. The number of hydrogen-bond acceptors (Lipinski definition) is 4. The van der Waals surface area contributed by atoms with E-state index < -0.39 is 5.60 Å². The summed E-state index contributed by atoms with van der Waals surface area (Å²) in [6.45, 7) is 2.72. The molecule has 2 N–H and O–H groups in total.